The smallest absolute Gasteiger partial charge is 0.0625 e. The van der Waals surface area contributed by atoms with E-state index in [9.17, 15) is 0 Å². The van der Waals surface area contributed by atoms with Gasteiger partial charge in [-0.05, 0) is 31.7 Å². The summed E-state index contributed by atoms with van der Waals surface area (Å²) in [4.78, 5) is 2.47. The quantitative estimate of drug-likeness (QED) is 0.883. The van der Waals surface area contributed by atoms with Crippen molar-refractivity contribution in [3.05, 3.63) is 17.5 Å². The number of nitrogens with two attached hydrogens (primary N) is 1. The maximum Gasteiger partial charge on any atom is 0.0625 e. The van der Waals surface area contributed by atoms with E-state index in [4.69, 9.17) is 5.73 Å². The molecular formula is C14H26N4. The molecule has 0 aliphatic carbocycles. The highest BCUT2D eigenvalue weighted by Crippen LogP contribution is 2.18. The van der Waals surface area contributed by atoms with Crippen molar-refractivity contribution in [1.29, 1.82) is 0 Å². The van der Waals surface area contributed by atoms with Gasteiger partial charge in [-0.15, -0.1) is 0 Å². The van der Waals surface area contributed by atoms with Gasteiger partial charge < -0.3 is 5.73 Å². The Morgan fingerprint density at radius 1 is 1.39 bits per heavy atom. The lowest BCUT2D eigenvalue weighted by Crippen LogP contribution is -2.46. The van der Waals surface area contributed by atoms with E-state index in [-0.39, 0.29) is 0 Å². The summed E-state index contributed by atoms with van der Waals surface area (Å²) in [5.74, 6) is 0.706. The van der Waals surface area contributed by atoms with Crippen LogP contribution >= 0.6 is 0 Å². The summed E-state index contributed by atoms with van der Waals surface area (Å²) in [7, 11) is 0. The van der Waals surface area contributed by atoms with Crippen LogP contribution in [0.4, 0.5) is 0 Å². The molecule has 2 N–H and O–H groups in total. The van der Waals surface area contributed by atoms with Crippen LogP contribution in [0.15, 0.2) is 6.07 Å². The summed E-state index contributed by atoms with van der Waals surface area (Å²) < 4.78 is 2.13. The van der Waals surface area contributed by atoms with Crippen molar-refractivity contribution in [2.24, 2.45) is 11.7 Å². The summed E-state index contributed by atoms with van der Waals surface area (Å²) in [6.07, 6.45) is 2.17. The van der Waals surface area contributed by atoms with E-state index in [1.165, 1.54) is 11.4 Å². The Bertz CT molecular complexity index is 375. The first-order valence-corrected chi connectivity index (χ1v) is 7.15. The summed E-state index contributed by atoms with van der Waals surface area (Å²) >= 11 is 0. The number of nitrogens with zero attached hydrogens (tertiary/aromatic N) is 3. The molecule has 2 unspecified atom stereocenters. The molecule has 1 saturated heterocycles. The number of aromatic nitrogens is 2. The van der Waals surface area contributed by atoms with E-state index in [0.29, 0.717) is 12.0 Å². The van der Waals surface area contributed by atoms with Crippen molar-refractivity contribution in [3.8, 4) is 0 Å². The Hall–Kier alpha value is -0.870. The lowest BCUT2D eigenvalue weighted by Gasteiger charge is -2.34. The van der Waals surface area contributed by atoms with E-state index in [2.05, 4.69) is 41.5 Å². The minimum absolute atomic E-state index is 0.331. The first-order chi connectivity index (χ1) is 8.62. The highest BCUT2D eigenvalue weighted by atomic mass is 15.3. The third kappa shape index (κ3) is 3.12. The zero-order chi connectivity index (χ0) is 13.1. The molecule has 4 heteroatoms. The zero-order valence-electron chi connectivity index (χ0n) is 11.9. The molecule has 2 rings (SSSR count). The van der Waals surface area contributed by atoms with Gasteiger partial charge >= 0.3 is 0 Å². The van der Waals surface area contributed by atoms with Crippen molar-refractivity contribution < 1.29 is 0 Å². The highest BCUT2D eigenvalue weighted by Gasteiger charge is 2.23. The molecule has 102 valence electrons. The van der Waals surface area contributed by atoms with Gasteiger partial charge in [-0.1, -0.05) is 13.8 Å². The second-order valence-electron chi connectivity index (χ2n) is 5.59. The molecule has 0 spiro atoms. The lowest BCUT2D eigenvalue weighted by molar-refractivity contribution is 0.154. The Balaban J connectivity index is 2.05. The van der Waals surface area contributed by atoms with Crippen LogP contribution in [0.3, 0.4) is 0 Å². The minimum Gasteiger partial charge on any atom is -0.327 e. The minimum atomic E-state index is 0.331. The predicted octanol–water partition coefficient (Wildman–Crippen LogP) is 1.63. The van der Waals surface area contributed by atoms with E-state index < -0.39 is 0 Å². The number of hydrogen-bond donors (Lipinski definition) is 1. The molecular weight excluding hydrogens is 224 g/mol. The maximum absolute atomic E-state index is 6.11. The molecule has 0 amide bonds. The van der Waals surface area contributed by atoms with Gasteiger partial charge in [0.2, 0.25) is 0 Å². The molecule has 4 nitrogen and oxygen atoms in total. The summed E-state index contributed by atoms with van der Waals surface area (Å²) in [5, 5.41) is 4.61. The number of piperidine rings is 1. The second-order valence-corrected chi connectivity index (χ2v) is 5.59. The summed E-state index contributed by atoms with van der Waals surface area (Å²) in [6, 6.07) is 2.58. The molecule has 1 aliphatic rings. The number of likely N-dealkylation sites (tertiary alicyclic amines) is 1. The molecule has 1 aliphatic heterocycles. The van der Waals surface area contributed by atoms with Crippen molar-refractivity contribution in [1.82, 2.24) is 14.7 Å². The lowest BCUT2D eigenvalue weighted by atomic mass is 9.96. The molecule has 2 atom stereocenters. The number of aryl methyl sites for hydroxylation is 2. The molecule has 0 bridgehead atoms. The Morgan fingerprint density at radius 2 is 2.17 bits per heavy atom. The van der Waals surface area contributed by atoms with E-state index in [1.54, 1.807) is 0 Å². The third-order valence-electron chi connectivity index (χ3n) is 3.73. The molecule has 2 heterocycles. The fourth-order valence-corrected chi connectivity index (χ4v) is 2.96. The monoisotopic (exact) mass is 250 g/mol. The van der Waals surface area contributed by atoms with Gasteiger partial charge in [-0.3, -0.25) is 9.58 Å². The Labute approximate surface area is 110 Å². The van der Waals surface area contributed by atoms with Crippen molar-refractivity contribution in [2.75, 3.05) is 13.1 Å². The van der Waals surface area contributed by atoms with Crippen LogP contribution in [0.5, 0.6) is 0 Å². The van der Waals surface area contributed by atoms with Crippen molar-refractivity contribution in [2.45, 2.75) is 52.7 Å². The largest absolute Gasteiger partial charge is 0.327 e. The maximum atomic E-state index is 6.11. The SMILES string of the molecule is CCc1cc(CN2CC(C)CC(N)C2)n(CC)n1. The average Bonchev–Trinajstić information content (AvgIpc) is 2.70. The molecule has 1 aromatic rings. The fourth-order valence-electron chi connectivity index (χ4n) is 2.96. The van der Waals surface area contributed by atoms with Crippen LogP contribution in [0.1, 0.15) is 38.6 Å². The summed E-state index contributed by atoms with van der Waals surface area (Å²) in [5.41, 5.74) is 8.63. The van der Waals surface area contributed by atoms with Gasteiger partial charge in [0.05, 0.1) is 11.4 Å². The van der Waals surface area contributed by atoms with Gasteiger partial charge in [-0.25, -0.2) is 0 Å². The Kier molecular flexibility index (Phi) is 4.40. The molecule has 0 aromatic carbocycles. The molecule has 1 aromatic heterocycles. The van der Waals surface area contributed by atoms with E-state index in [0.717, 1.165) is 39.0 Å². The van der Waals surface area contributed by atoms with E-state index in [1.807, 2.05) is 0 Å². The number of rotatable bonds is 4. The van der Waals surface area contributed by atoms with Crippen LogP contribution in [-0.2, 0) is 19.5 Å². The Morgan fingerprint density at radius 3 is 2.78 bits per heavy atom. The van der Waals surface area contributed by atoms with Crippen molar-refractivity contribution >= 4 is 0 Å². The molecule has 0 saturated carbocycles. The normalized spacial score (nSPS) is 25.6. The predicted molar refractivity (Wildman–Crippen MR) is 74.3 cm³/mol. The topological polar surface area (TPSA) is 47.1 Å². The van der Waals surface area contributed by atoms with Gasteiger partial charge in [0, 0.05) is 32.2 Å². The first kappa shape index (κ1) is 13.6. The van der Waals surface area contributed by atoms with Crippen molar-refractivity contribution in [3.63, 3.8) is 0 Å². The fraction of sp³-hybridized carbons (Fsp3) is 0.786. The highest BCUT2D eigenvalue weighted by molar-refractivity contribution is 5.10. The van der Waals surface area contributed by atoms with Crippen LogP contribution < -0.4 is 5.73 Å². The van der Waals surface area contributed by atoms with Crippen LogP contribution in [-0.4, -0.2) is 33.8 Å². The van der Waals surface area contributed by atoms with Crippen LogP contribution in [0.25, 0.3) is 0 Å². The zero-order valence-corrected chi connectivity index (χ0v) is 11.9. The summed E-state index contributed by atoms with van der Waals surface area (Å²) in [6.45, 7) is 10.7. The molecule has 0 radical (unpaired) electrons. The van der Waals surface area contributed by atoms with Crippen LogP contribution in [0, 0.1) is 5.92 Å². The van der Waals surface area contributed by atoms with Gasteiger partial charge in [-0.2, -0.15) is 5.10 Å². The number of hydrogen-bond acceptors (Lipinski definition) is 3. The van der Waals surface area contributed by atoms with E-state index >= 15 is 0 Å². The first-order valence-electron chi connectivity index (χ1n) is 7.15. The molecule has 1 fully saturated rings. The van der Waals surface area contributed by atoms with Crippen LogP contribution in [0.2, 0.25) is 0 Å². The average molecular weight is 250 g/mol. The second kappa shape index (κ2) is 5.85. The molecule has 18 heavy (non-hydrogen) atoms. The van der Waals surface area contributed by atoms with Gasteiger partial charge in [0.15, 0.2) is 0 Å². The third-order valence-corrected chi connectivity index (χ3v) is 3.73. The standard InChI is InChI=1S/C14H26N4/c1-4-13-7-14(18(5-2)16-13)10-17-8-11(3)6-12(15)9-17/h7,11-12H,4-6,8-10,15H2,1-3H3. The van der Waals surface area contributed by atoms with Gasteiger partial charge in [0.1, 0.15) is 0 Å². The van der Waals surface area contributed by atoms with Gasteiger partial charge in [0.25, 0.3) is 0 Å².